The van der Waals surface area contributed by atoms with Crippen molar-refractivity contribution >= 4 is 10.1 Å². The van der Waals surface area contributed by atoms with Crippen LogP contribution >= 0.6 is 0 Å². The van der Waals surface area contributed by atoms with Crippen molar-refractivity contribution in [3.63, 3.8) is 0 Å². The number of alkyl halides is 8. The molecule has 0 N–H and O–H groups in total. The molecule has 0 heterocycles. The number of hydrogen-bond donors (Lipinski definition) is 0. The molecule has 21 heavy (non-hydrogen) atoms. The maximum absolute atomic E-state index is 12.9. The minimum absolute atomic E-state index is 0.145. The van der Waals surface area contributed by atoms with Crippen molar-refractivity contribution in [1.29, 1.82) is 0 Å². The fourth-order valence-electron chi connectivity index (χ4n) is 0.948. The molecule has 0 bridgehead atoms. The lowest BCUT2D eigenvalue weighted by molar-refractivity contribution is -0.456. The predicted octanol–water partition coefficient (Wildman–Crippen LogP) is 3.19. The summed E-state index contributed by atoms with van der Waals surface area (Å²) in [5.74, 6) is -6.83. The van der Waals surface area contributed by atoms with Gasteiger partial charge >= 0.3 is 18.2 Å². The molecule has 0 aliphatic carbocycles. The first-order valence-electron chi connectivity index (χ1n) is 5.21. The maximum Gasteiger partial charge on any atom is 0.449 e. The van der Waals surface area contributed by atoms with E-state index in [0.717, 1.165) is 0 Å². The highest BCUT2D eigenvalue weighted by atomic mass is 32.2. The Kier molecular flexibility index (Phi) is 6.39. The van der Waals surface area contributed by atoms with Crippen LogP contribution in [0.2, 0.25) is 0 Å². The van der Waals surface area contributed by atoms with Crippen LogP contribution in [0.1, 0.15) is 19.8 Å². The second-order valence-electron chi connectivity index (χ2n) is 3.84. The second kappa shape index (κ2) is 6.60. The summed E-state index contributed by atoms with van der Waals surface area (Å²) < 4.78 is 124. The molecule has 1 atom stereocenters. The lowest BCUT2D eigenvalue weighted by atomic mass is 10.1. The van der Waals surface area contributed by atoms with Gasteiger partial charge in [-0.1, -0.05) is 6.92 Å². The fraction of sp³-hybridized carbons (Fsp3) is 1.00. The molecule has 0 saturated heterocycles. The Labute approximate surface area is 114 Å². The minimum Gasteiger partial charge on any atom is -0.240 e. The molecule has 4 nitrogen and oxygen atoms in total. The molecule has 13 heteroatoms. The van der Waals surface area contributed by atoms with E-state index in [1.807, 2.05) is 0 Å². The third-order valence-electron chi connectivity index (χ3n) is 1.89. The van der Waals surface area contributed by atoms with Crippen molar-refractivity contribution < 1.29 is 52.8 Å². The van der Waals surface area contributed by atoms with Gasteiger partial charge in [0, 0.05) is 0 Å². The van der Waals surface area contributed by atoms with Crippen molar-refractivity contribution in [2.75, 3.05) is 5.75 Å². The third-order valence-corrected chi connectivity index (χ3v) is 3.07. The Morgan fingerprint density at radius 2 is 1.52 bits per heavy atom. The minimum atomic E-state index is -5.95. The lowest BCUT2D eigenvalue weighted by Crippen LogP contribution is -2.51. The molecule has 0 radical (unpaired) electrons. The lowest BCUT2D eigenvalue weighted by Gasteiger charge is -2.27. The van der Waals surface area contributed by atoms with E-state index in [9.17, 15) is 43.5 Å². The zero-order valence-electron chi connectivity index (χ0n) is 10.3. The van der Waals surface area contributed by atoms with Crippen molar-refractivity contribution in [1.82, 2.24) is 0 Å². The van der Waals surface area contributed by atoms with Crippen LogP contribution in [-0.2, 0) is 19.3 Å². The van der Waals surface area contributed by atoms with Crippen LogP contribution in [0, 0.1) is 0 Å². The van der Waals surface area contributed by atoms with E-state index in [2.05, 4.69) is 9.22 Å². The van der Waals surface area contributed by atoms with Gasteiger partial charge in [0.2, 0.25) is 0 Å². The molecule has 0 aromatic heterocycles. The molecule has 0 fully saturated rings. The molecule has 0 aromatic carbocycles. The van der Waals surface area contributed by atoms with E-state index < -0.39 is 46.7 Å². The zero-order chi connectivity index (χ0) is 17.1. The van der Waals surface area contributed by atoms with Crippen molar-refractivity contribution in [3.05, 3.63) is 0 Å². The molecule has 0 aromatic rings. The topological polar surface area (TPSA) is 52.6 Å². The van der Waals surface area contributed by atoms with Gasteiger partial charge < -0.3 is 0 Å². The molecular weight excluding hydrogens is 344 g/mol. The fourth-order valence-corrected chi connectivity index (χ4v) is 1.71. The Morgan fingerprint density at radius 3 is 1.90 bits per heavy atom. The van der Waals surface area contributed by atoms with Gasteiger partial charge in [-0.15, -0.1) is 9.22 Å². The normalized spacial score (nSPS) is 16.0. The van der Waals surface area contributed by atoms with Crippen LogP contribution in [0.4, 0.5) is 35.1 Å². The smallest absolute Gasteiger partial charge is 0.240 e. The van der Waals surface area contributed by atoms with Gasteiger partial charge in [0.05, 0.1) is 12.2 Å². The number of rotatable bonds is 8. The summed E-state index contributed by atoms with van der Waals surface area (Å²) in [5, 5.41) is 0. The first kappa shape index (κ1) is 20.3. The van der Waals surface area contributed by atoms with E-state index in [0.29, 0.717) is 0 Å². The molecule has 0 aliphatic rings. The summed E-state index contributed by atoms with van der Waals surface area (Å²) in [6.45, 7) is 1.27. The maximum atomic E-state index is 12.9. The Hall–Kier alpha value is -0.690. The molecular formula is C8H10F8O4S. The summed E-state index contributed by atoms with van der Waals surface area (Å²) in [7, 11) is -4.77. The molecule has 128 valence electrons. The van der Waals surface area contributed by atoms with Gasteiger partial charge in [0.1, 0.15) is 0 Å². The predicted molar refractivity (Wildman–Crippen MR) is 51.7 cm³/mol. The van der Waals surface area contributed by atoms with Crippen LogP contribution in [0.5, 0.6) is 0 Å². The summed E-state index contributed by atoms with van der Waals surface area (Å²) in [6.07, 6.45) is -18.8. The van der Waals surface area contributed by atoms with E-state index in [-0.39, 0.29) is 6.42 Å². The van der Waals surface area contributed by atoms with Crippen LogP contribution in [0.3, 0.4) is 0 Å². The average Bonchev–Trinajstić information content (AvgIpc) is 2.24. The third kappa shape index (κ3) is 6.30. The van der Waals surface area contributed by atoms with Crippen LogP contribution in [0.25, 0.3) is 0 Å². The summed E-state index contributed by atoms with van der Waals surface area (Å²) in [6, 6.07) is 0. The quantitative estimate of drug-likeness (QED) is 0.382. The van der Waals surface area contributed by atoms with Crippen LogP contribution in [-0.4, -0.2) is 38.5 Å². The molecule has 0 amide bonds. The SMILES string of the molecule is CCCS(=O)(=O)OOC(F)(F)C(F)(F)C(F)CC(F)(F)F. The van der Waals surface area contributed by atoms with Crippen molar-refractivity contribution in [3.8, 4) is 0 Å². The highest BCUT2D eigenvalue weighted by Crippen LogP contribution is 2.43. The van der Waals surface area contributed by atoms with Gasteiger partial charge in [0.25, 0.3) is 10.1 Å². The Bertz CT molecular complexity index is 432. The number of halogens is 8. The largest absolute Gasteiger partial charge is 0.449 e. The van der Waals surface area contributed by atoms with Gasteiger partial charge in [-0.2, -0.15) is 39.2 Å². The monoisotopic (exact) mass is 354 g/mol. The Balaban J connectivity index is 4.95. The van der Waals surface area contributed by atoms with E-state index in [4.69, 9.17) is 0 Å². The summed E-state index contributed by atoms with van der Waals surface area (Å²) in [5.41, 5.74) is 0. The molecule has 1 unspecified atom stereocenters. The Morgan fingerprint density at radius 1 is 1.05 bits per heavy atom. The van der Waals surface area contributed by atoms with E-state index in [1.165, 1.54) is 6.92 Å². The highest BCUT2D eigenvalue weighted by molar-refractivity contribution is 7.86. The summed E-state index contributed by atoms with van der Waals surface area (Å²) >= 11 is 0. The summed E-state index contributed by atoms with van der Waals surface area (Å²) in [4.78, 5) is 2.67. The molecule has 0 saturated carbocycles. The van der Waals surface area contributed by atoms with Gasteiger partial charge in [-0.3, -0.25) is 0 Å². The van der Waals surface area contributed by atoms with E-state index in [1.54, 1.807) is 0 Å². The van der Waals surface area contributed by atoms with E-state index >= 15 is 0 Å². The average molecular weight is 354 g/mol. The molecule has 0 rings (SSSR count). The van der Waals surface area contributed by atoms with Gasteiger partial charge in [-0.25, -0.2) is 4.39 Å². The van der Waals surface area contributed by atoms with Crippen molar-refractivity contribution in [2.24, 2.45) is 0 Å². The first-order chi connectivity index (χ1) is 9.15. The highest BCUT2D eigenvalue weighted by Gasteiger charge is 2.66. The molecule has 0 aliphatic heterocycles. The van der Waals surface area contributed by atoms with Gasteiger partial charge in [0.15, 0.2) is 6.17 Å². The van der Waals surface area contributed by atoms with Crippen LogP contribution in [0.15, 0.2) is 0 Å². The standard InChI is InChI=1S/C8H10F8O4S/c1-2-3-21(17,18)20-19-8(15,16)7(13,14)5(9)4-6(10,11)12/h5H,2-4H2,1H3. The number of hydrogen-bond acceptors (Lipinski definition) is 4. The first-order valence-corrected chi connectivity index (χ1v) is 6.79. The molecule has 0 spiro atoms. The van der Waals surface area contributed by atoms with Crippen molar-refractivity contribution in [2.45, 2.75) is 44.1 Å². The zero-order valence-corrected chi connectivity index (χ0v) is 11.1. The van der Waals surface area contributed by atoms with Gasteiger partial charge in [-0.05, 0) is 6.42 Å². The second-order valence-corrected chi connectivity index (χ2v) is 5.50. The van der Waals surface area contributed by atoms with Crippen LogP contribution < -0.4 is 0 Å².